The highest BCUT2D eigenvalue weighted by Crippen LogP contribution is 2.27. The van der Waals surface area contributed by atoms with Gasteiger partial charge in [0.2, 0.25) is 0 Å². The molecular formula is C22H27ClFN5O. The lowest BCUT2D eigenvalue weighted by Gasteiger charge is -2.30. The molecule has 160 valence electrons. The first-order valence-electron chi connectivity index (χ1n) is 10.5. The first-order valence-corrected chi connectivity index (χ1v) is 10.8. The van der Waals surface area contributed by atoms with E-state index in [1.165, 1.54) is 6.07 Å². The monoisotopic (exact) mass is 431 g/mol. The predicted molar refractivity (Wildman–Crippen MR) is 114 cm³/mol. The zero-order valence-corrected chi connectivity index (χ0v) is 18.0. The third-order valence-corrected chi connectivity index (χ3v) is 6.08. The van der Waals surface area contributed by atoms with Gasteiger partial charge in [0.15, 0.2) is 0 Å². The Morgan fingerprint density at radius 2 is 2.23 bits per heavy atom. The van der Waals surface area contributed by atoms with Gasteiger partial charge in [-0.25, -0.2) is 19.2 Å². The van der Waals surface area contributed by atoms with Crippen LogP contribution in [0.4, 0.5) is 9.18 Å². The molecule has 0 saturated carbocycles. The van der Waals surface area contributed by atoms with Crippen molar-refractivity contribution in [3.63, 3.8) is 0 Å². The summed E-state index contributed by atoms with van der Waals surface area (Å²) in [5, 5.41) is 6.54. The van der Waals surface area contributed by atoms with Crippen LogP contribution in [0.5, 0.6) is 0 Å². The second kappa shape index (κ2) is 8.86. The summed E-state index contributed by atoms with van der Waals surface area (Å²) >= 11 is 5.81. The zero-order valence-electron chi connectivity index (χ0n) is 17.3. The number of nitrogens with zero attached hydrogens (tertiary/aromatic N) is 3. The summed E-state index contributed by atoms with van der Waals surface area (Å²) in [6.45, 7) is 6.72. The van der Waals surface area contributed by atoms with Crippen molar-refractivity contribution in [3.8, 4) is 0 Å². The van der Waals surface area contributed by atoms with Crippen LogP contribution >= 0.6 is 11.6 Å². The number of fused-ring (bicyclic) bond motifs is 1. The second-order valence-corrected chi connectivity index (χ2v) is 8.93. The van der Waals surface area contributed by atoms with Crippen LogP contribution in [0.15, 0.2) is 24.4 Å². The Kier molecular flexibility index (Phi) is 6.20. The molecule has 2 amide bonds. The minimum atomic E-state index is -0.435. The van der Waals surface area contributed by atoms with Crippen molar-refractivity contribution in [2.75, 3.05) is 19.6 Å². The van der Waals surface area contributed by atoms with Gasteiger partial charge in [0.05, 0.1) is 23.3 Å². The Labute approximate surface area is 181 Å². The molecule has 1 fully saturated rings. The third-order valence-electron chi connectivity index (χ3n) is 5.77. The van der Waals surface area contributed by atoms with Gasteiger partial charge in [-0.2, -0.15) is 0 Å². The number of nitrogens with one attached hydrogen (secondary N) is 2. The summed E-state index contributed by atoms with van der Waals surface area (Å²) in [4.78, 5) is 23.9. The van der Waals surface area contributed by atoms with Crippen LogP contribution in [0.2, 0.25) is 5.02 Å². The molecule has 0 aliphatic carbocycles. The minimum absolute atomic E-state index is 0.00207. The molecule has 0 spiro atoms. The topological polar surface area (TPSA) is 70.2 Å². The highest BCUT2D eigenvalue weighted by atomic mass is 35.5. The van der Waals surface area contributed by atoms with E-state index in [4.69, 9.17) is 16.6 Å². The van der Waals surface area contributed by atoms with Gasteiger partial charge in [0, 0.05) is 38.2 Å². The summed E-state index contributed by atoms with van der Waals surface area (Å²) < 4.78 is 13.9. The summed E-state index contributed by atoms with van der Waals surface area (Å²) in [6, 6.07) is 4.63. The molecule has 0 bridgehead atoms. The lowest BCUT2D eigenvalue weighted by Crippen LogP contribution is -2.48. The largest absolute Gasteiger partial charge is 0.333 e. The van der Waals surface area contributed by atoms with Crippen molar-refractivity contribution in [2.45, 2.75) is 45.2 Å². The molecule has 1 saturated heterocycles. The standard InChI is InChI=1S/C22H27ClFN5O/c1-13(2)7-21-26-9-15-5-6-29(12-20(15)27-21)22(30)28-19-11-25-10-16(19)14-3-4-17(23)18(24)8-14/h3-4,8-9,13,16,19,25H,5-7,10-12H2,1-2H3,(H,28,30)/t16-,19+/m0/s1. The fraction of sp³-hybridized carbons (Fsp3) is 0.500. The van der Waals surface area contributed by atoms with Crippen LogP contribution in [-0.2, 0) is 19.4 Å². The lowest BCUT2D eigenvalue weighted by molar-refractivity contribution is 0.187. The molecule has 2 aliphatic heterocycles. The second-order valence-electron chi connectivity index (χ2n) is 8.52. The average molecular weight is 432 g/mol. The van der Waals surface area contributed by atoms with Crippen molar-refractivity contribution in [3.05, 3.63) is 57.9 Å². The molecule has 2 N–H and O–H groups in total. The smallest absolute Gasteiger partial charge is 0.318 e. The molecule has 8 heteroatoms. The maximum absolute atomic E-state index is 13.9. The number of carbonyl (C=O) groups excluding carboxylic acids is 1. The Morgan fingerprint density at radius 1 is 1.40 bits per heavy atom. The van der Waals surface area contributed by atoms with Crippen molar-refractivity contribution >= 4 is 17.6 Å². The number of benzene rings is 1. The van der Waals surface area contributed by atoms with Gasteiger partial charge in [-0.15, -0.1) is 0 Å². The number of carbonyl (C=O) groups is 1. The fourth-order valence-electron chi connectivity index (χ4n) is 4.15. The lowest BCUT2D eigenvalue weighted by atomic mass is 9.94. The Hall–Kier alpha value is -2.25. The molecular weight excluding hydrogens is 405 g/mol. The van der Waals surface area contributed by atoms with E-state index in [2.05, 4.69) is 29.5 Å². The quantitative estimate of drug-likeness (QED) is 0.779. The van der Waals surface area contributed by atoms with E-state index < -0.39 is 5.82 Å². The molecule has 0 unspecified atom stereocenters. The van der Waals surface area contributed by atoms with Crippen LogP contribution in [0.1, 0.15) is 42.4 Å². The van der Waals surface area contributed by atoms with E-state index in [0.717, 1.165) is 35.5 Å². The maximum Gasteiger partial charge on any atom is 0.318 e. The highest BCUT2D eigenvalue weighted by Gasteiger charge is 2.32. The van der Waals surface area contributed by atoms with Gasteiger partial charge in [-0.1, -0.05) is 31.5 Å². The first-order chi connectivity index (χ1) is 14.4. The maximum atomic E-state index is 13.9. The van der Waals surface area contributed by atoms with E-state index in [-0.39, 0.29) is 23.0 Å². The van der Waals surface area contributed by atoms with Gasteiger partial charge >= 0.3 is 6.03 Å². The average Bonchev–Trinajstić information content (AvgIpc) is 3.17. The number of aromatic nitrogens is 2. The van der Waals surface area contributed by atoms with Gasteiger partial charge in [-0.05, 0) is 35.6 Å². The van der Waals surface area contributed by atoms with Crippen LogP contribution in [0.25, 0.3) is 0 Å². The number of urea groups is 1. The van der Waals surface area contributed by atoms with Crippen molar-refractivity contribution in [1.29, 1.82) is 0 Å². The summed E-state index contributed by atoms with van der Waals surface area (Å²) in [7, 11) is 0. The molecule has 6 nitrogen and oxygen atoms in total. The molecule has 2 atom stereocenters. The minimum Gasteiger partial charge on any atom is -0.333 e. The fourth-order valence-corrected chi connectivity index (χ4v) is 4.27. The molecule has 4 rings (SSSR count). The predicted octanol–water partition coefficient (Wildman–Crippen LogP) is 3.29. The Bertz CT molecular complexity index is 938. The molecule has 30 heavy (non-hydrogen) atoms. The van der Waals surface area contributed by atoms with Crippen molar-refractivity contribution in [2.24, 2.45) is 5.92 Å². The van der Waals surface area contributed by atoms with Crippen molar-refractivity contribution in [1.82, 2.24) is 25.5 Å². The Balaban J connectivity index is 1.43. The molecule has 2 aromatic rings. The zero-order chi connectivity index (χ0) is 21.3. The number of hydrogen-bond donors (Lipinski definition) is 2. The van der Waals surface area contributed by atoms with Crippen LogP contribution < -0.4 is 10.6 Å². The van der Waals surface area contributed by atoms with E-state index in [1.807, 2.05) is 12.3 Å². The highest BCUT2D eigenvalue weighted by molar-refractivity contribution is 6.30. The van der Waals surface area contributed by atoms with Gasteiger partial charge < -0.3 is 15.5 Å². The molecule has 0 radical (unpaired) electrons. The molecule has 1 aromatic heterocycles. The van der Waals surface area contributed by atoms with Gasteiger partial charge in [0.1, 0.15) is 11.6 Å². The Morgan fingerprint density at radius 3 is 3.00 bits per heavy atom. The number of rotatable bonds is 4. The molecule has 3 heterocycles. The first kappa shape index (κ1) is 21.0. The normalized spacial score (nSPS) is 21.0. The van der Waals surface area contributed by atoms with Gasteiger partial charge in [-0.3, -0.25) is 0 Å². The molecule has 2 aliphatic rings. The molecule has 1 aromatic carbocycles. The number of hydrogen-bond acceptors (Lipinski definition) is 4. The van der Waals surface area contributed by atoms with E-state index in [1.54, 1.807) is 11.0 Å². The van der Waals surface area contributed by atoms with E-state index >= 15 is 0 Å². The van der Waals surface area contributed by atoms with Crippen molar-refractivity contribution < 1.29 is 9.18 Å². The van der Waals surface area contributed by atoms with Gasteiger partial charge in [0.25, 0.3) is 0 Å². The van der Waals surface area contributed by atoms with Crippen LogP contribution in [0, 0.1) is 11.7 Å². The number of halogens is 2. The van der Waals surface area contributed by atoms with E-state index in [0.29, 0.717) is 32.1 Å². The summed E-state index contributed by atoms with van der Waals surface area (Å²) in [6.07, 6.45) is 3.48. The summed E-state index contributed by atoms with van der Waals surface area (Å²) in [5.74, 6) is 0.875. The van der Waals surface area contributed by atoms with Crippen LogP contribution in [0.3, 0.4) is 0 Å². The summed E-state index contributed by atoms with van der Waals surface area (Å²) in [5.41, 5.74) is 2.88. The SMILES string of the molecule is CC(C)Cc1ncc2c(n1)CN(C(=O)N[C@@H]1CNC[C@H]1c1ccc(Cl)c(F)c1)CC2. The van der Waals surface area contributed by atoms with E-state index in [9.17, 15) is 9.18 Å². The number of amides is 2. The third kappa shape index (κ3) is 4.57. The van der Waals surface area contributed by atoms with Crippen LogP contribution in [-0.4, -0.2) is 46.6 Å².